The summed E-state index contributed by atoms with van der Waals surface area (Å²) in [6.45, 7) is 5.73. The van der Waals surface area contributed by atoms with E-state index >= 15 is 0 Å². The van der Waals surface area contributed by atoms with Crippen molar-refractivity contribution in [2.75, 3.05) is 20.3 Å². The molecule has 43 heavy (non-hydrogen) atoms. The van der Waals surface area contributed by atoms with E-state index in [2.05, 4.69) is 36.3 Å². The first-order valence-electron chi connectivity index (χ1n) is 14.0. The summed E-state index contributed by atoms with van der Waals surface area (Å²) in [7, 11) is 1.38. The number of rotatable bonds is 16. The topological polar surface area (TPSA) is 194 Å². The van der Waals surface area contributed by atoms with Gasteiger partial charge in [0.05, 0.1) is 25.7 Å². The predicted octanol–water partition coefficient (Wildman–Crippen LogP) is 0.745. The minimum absolute atomic E-state index is 0.0483. The molecule has 0 bridgehead atoms. The highest BCUT2D eigenvalue weighted by atomic mass is 16.6. The predicted molar refractivity (Wildman–Crippen MR) is 152 cm³/mol. The molecule has 3 aromatic rings. The van der Waals surface area contributed by atoms with Gasteiger partial charge < -0.3 is 29.9 Å². The van der Waals surface area contributed by atoms with Gasteiger partial charge in [-0.3, -0.25) is 24.3 Å². The van der Waals surface area contributed by atoms with Crippen molar-refractivity contribution in [3.63, 3.8) is 0 Å². The highest BCUT2D eigenvalue weighted by Gasteiger charge is 2.50. The van der Waals surface area contributed by atoms with E-state index in [0.717, 1.165) is 5.56 Å². The van der Waals surface area contributed by atoms with Crippen molar-refractivity contribution in [3.05, 3.63) is 65.6 Å². The number of epoxide rings is 1. The van der Waals surface area contributed by atoms with Crippen molar-refractivity contribution >= 4 is 23.5 Å². The van der Waals surface area contributed by atoms with Gasteiger partial charge in [-0.15, -0.1) is 0 Å². The highest BCUT2D eigenvalue weighted by Crippen LogP contribution is 2.29. The number of nitrogens with one attached hydrogen (secondary N) is 4. The maximum atomic E-state index is 13.6. The molecule has 1 aliphatic heterocycles. The van der Waals surface area contributed by atoms with Crippen LogP contribution in [0.2, 0.25) is 0 Å². The molecule has 1 aliphatic rings. The van der Waals surface area contributed by atoms with Gasteiger partial charge in [0.2, 0.25) is 11.8 Å². The second-order valence-corrected chi connectivity index (χ2v) is 11.1. The van der Waals surface area contributed by atoms with Crippen molar-refractivity contribution in [2.24, 2.45) is 5.92 Å². The van der Waals surface area contributed by atoms with E-state index in [1.165, 1.54) is 19.5 Å². The number of hydrogen-bond donors (Lipinski definition) is 4. The molecular weight excluding hydrogens is 558 g/mol. The molecule has 4 atom stereocenters. The first-order valence-corrected chi connectivity index (χ1v) is 14.0. The number of carbonyl (C=O) groups is 4. The molecule has 0 radical (unpaired) electrons. The maximum Gasteiger partial charge on any atom is 0.274 e. The van der Waals surface area contributed by atoms with Crippen LogP contribution in [0.15, 0.2) is 47.2 Å². The summed E-state index contributed by atoms with van der Waals surface area (Å²) in [6.07, 6.45) is 2.15. The van der Waals surface area contributed by atoms with E-state index in [4.69, 9.17) is 14.0 Å². The summed E-state index contributed by atoms with van der Waals surface area (Å²) in [5, 5.41) is 18.4. The number of methoxy groups -OCH3 is 1. The molecular formula is C29H37N7O7. The Morgan fingerprint density at radius 1 is 1.05 bits per heavy atom. The number of ether oxygens (including phenoxy) is 2. The number of aromatic amines is 1. The lowest BCUT2D eigenvalue weighted by Gasteiger charge is -2.26. The molecule has 0 saturated carbocycles. The number of hydrogen-bond acceptors (Lipinski definition) is 10. The van der Waals surface area contributed by atoms with Crippen LogP contribution < -0.4 is 16.0 Å². The number of carbonyl (C=O) groups excluding carboxylic acids is 4. The van der Waals surface area contributed by atoms with E-state index in [1.807, 2.05) is 44.2 Å². The van der Waals surface area contributed by atoms with Crippen molar-refractivity contribution in [1.82, 2.24) is 36.3 Å². The monoisotopic (exact) mass is 595 g/mol. The normalized spacial score (nSPS) is 18.0. The maximum absolute atomic E-state index is 13.6. The van der Waals surface area contributed by atoms with Crippen molar-refractivity contribution in [2.45, 2.75) is 63.8 Å². The number of benzene rings is 1. The number of aromatic nitrogens is 4. The van der Waals surface area contributed by atoms with Crippen LogP contribution in [0.5, 0.6) is 0 Å². The fourth-order valence-electron chi connectivity index (χ4n) is 4.49. The van der Waals surface area contributed by atoms with Gasteiger partial charge in [0.25, 0.3) is 5.91 Å². The Bertz CT molecular complexity index is 1390. The zero-order valence-electron chi connectivity index (χ0n) is 24.6. The van der Waals surface area contributed by atoms with Crippen LogP contribution >= 0.6 is 0 Å². The SMILES string of the molecule is COCC(NC(=O)c1cc(Cc2ncn[nH]2)on1)C(=O)N[C@@H](Cc1ccccc1)C(=O)NC(CC(C)C)C(=O)[C@@]1(C)CO1. The van der Waals surface area contributed by atoms with Crippen molar-refractivity contribution in [1.29, 1.82) is 0 Å². The number of nitrogens with zero attached hydrogens (tertiary/aromatic N) is 3. The van der Waals surface area contributed by atoms with Crippen molar-refractivity contribution < 1.29 is 33.2 Å². The Morgan fingerprint density at radius 2 is 1.74 bits per heavy atom. The quantitative estimate of drug-likeness (QED) is 0.172. The minimum atomic E-state index is -1.16. The average molecular weight is 596 g/mol. The molecule has 3 heterocycles. The molecule has 2 unspecified atom stereocenters. The van der Waals surface area contributed by atoms with Gasteiger partial charge in [0.15, 0.2) is 11.5 Å². The molecule has 4 N–H and O–H groups in total. The molecule has 14 heteroatoms. The molecule has 1 fully saturated rings. The van der Waals surface area contributed by atoms with Gasteiger partial charge in [-0.1, -0.05) is 49.3 Å². The van der Waals surface area contributed by atoms with Gasteiger partial charge in [-0.2, -0.15) is 5.10 Å². The highest BCUT2D eigenvalue weighted by molar-refractivity contribution is 5.99. The van der Waals surface area contributed by atoms with Gasteiger partial charge in [-0.25, -0.2) is 4.98 Å². The Hall–Kier alpha value is -4.43. The standard InChI is InChI=1S/C29H37N7O7/c1-17(2)10-20(25(37)29(3)15-42-29)32-26(38)21(11-18-8-6-5-7-9-18)33-28(40)23(14-41-4)34-27(39)22-12-19(43-36-22)13-24-30-16-31-35-24/h5-9,12,16-17,20-21,23H,10-11,13-15H2,1-4H3,(H,32,38)(H,33,40)(H,34,39)(H,30,31,35)/t20?,21-,23?,29+/m0/s1. The molecule has 1 saturated heterocycles. The number of Topliss-reactive ketones (excluding diaryl/α,β-unsaturated/α-hetero) is 1. The average Bonchev–Trinajstić information content (AvgIpc) is 3.33. The van der Waals surface area contributed by atoms with Gasteiger partial charge in [0.1, 0.15) is 35.6 Å². The van der Waals surface area contributed by atoms with E-state index < -0.39 is 41.4 Å². The molecule has 4 rings (SSSR count). The lowest BCUT2D eigenvalue weighted by atomic mass is 9.93. The molecule has 0 aliphatic carbocycles. The molecule has 0 spiro atoms. The third-order valence-electron chi connectivity index (χ3n) is 6.91. The summed E-state index contributed by atoms with van der Waals surface area (Å²) in [6, 6.07) is 7.58. The first-order chi connectivity index (χ1) is 20.6. The van der Waals surface area contributed by atoms with Crippen LogP contribution in [0.3, 0.4) is 0 Å². The van der Waals surface area contributed by atoms with Crippen molar-refractivity contribution in [3.8, 4) is 0 Å². The molecule has 230 valence electrons. The lowest BCUT2D eigenvalue weighted by Crippen LogP contribution is -2.58. The number of H-pyrrole nitrogens is 1. The van der Waals surface area contributed by atoms with E-state index in [-0.39, 0.29) is 36.8 Å². The molecule has 1 aromatic carbocycles. The zero-order chi connectivity index (χ0) is 31.0. The Morgan fingerprint density at radius 3 is 2.37 bits per heavy atom. The van der Waals surface area contributed by atoms with Gasteiger partial charge in [-0.05, 0) is 24.8 Å². The summed E-state index contributed by atoms with van der Waals surface area (Å²) in [5.74, 6) is -1.05. The van der Waals surface area contributed by atoms with E-state index in [1.54, 1.807) is 6.92 Å². The van der Waals surface area contributed by atoms with E-state index in [0.29, 0.717) is 24.6 Å². The van der Waals surface area contributed by atoms with Gasteiger partial charge in [0, 0.05) is 19.6 Å². The van der Waals surface area contributed by atoms with Crippen LogP contribution in [0, 0.1) is 5.92 Å². The molecule has 2 aromatic heterocycles. The number of amides is 3. The summed E-state index contributed by atoms with van der Waals surface area (Å²) in [4.78, 5) is 57.2. The minimum Gasteiger partial charge on any atom is -0.382 e. The smallest absolute Gasteiger partial charge is 0.274 e. The summed E-state index contributed by atoms with van der Waals surface area (Å²) in [5.41, 5.74) is -0.177. The summed E-state index contributed by atoms with van der Waals surface area (Å²) >= 11 is 0. The van der Waals surface area contributed by atoms with Crippen LogP contribution in [0.25, 0.3) is 0 Å². The van der Waals surface area contributed by atoms with E-state index in [9.17, 15) is 19.2 Å². The Kier molecular flexibility index (Phi) is 10.4. The van der Waals surface area contributed by atoms with Crippen LogP contribution in [-0.4, -0.2) is 87.9 Å². The Balaban J connectivity index is 1.47. The second-order valence-electron chi connectivity index (χ2n) is 11.1. The fourth-order valence-corrected chi connectivity index (χ4v) is 4.49. The van der Waals surface area contributed by atoms with Crippen LogP contribution in [0.4, 0.5) is 0 Å². The Labute approximate surface area is 248 Å². The lowest BCUT2D eigenvalue weighted by molar-refractivity contribution is -0.133. The van der Waals surface area contributed by atoms with Crippen LogP contribution in [0.1, 0.15) is 54.8 Å². The third-order valence-corrected chi connectivity index (χ3v) is 6.91. The molecule has 14 nitrogen and oxygen atoms in total. The largest absolute Gasteiger partial charge is 0.382 e. The molecule has 3 amide bonds. The fraction of sp³-hybridized carbons (Fsp3) is 0.483. The summed E-state index contributed by atoms with van der Waals surface area (Å²) < 4.78 is 15.7. The van der Waals surface area contributed by atoms with Crippen LogP contribution in [-0.2, 0) is 36.7 Å². The second kappa shape index (κ2) is 14.2. The zero-order valence-corrected chi connectivity index (χ0v) is 24.6. The number of ketones is 1. The third kappa shape index (κ3) is 8.78. The van der Waals surface area contributed by atoms with Gasteiger partial charge >= 0.3 is 0 Å². The first kappa shape index (κ1) is 31.5.